The van der Waals surface area contributed by atoms with Gasteiger partial charge in [0, 0.05) is 11.4 Å². The molecule has 0 aliphatic heterocycles. The first-order chi connectivity index (χ1) is 10.1. The van der Waals surface area contributed by atoms with E-state index in [1.54, 1.807) is 6.20 Å². The van der Waals surface area contributed by atoms with Crippen molar-refractivity contribution in [2.45, 2.75) is 6.92 Å². The molecule has 0 fully saturated rings. The summed E-state index contributed by atoms with van der Waals surface area (Å²) in [5, 5.41) is 4.81. The van der Waals surface area contributed by atoms with Crippen molar-refractivity contribution >= 4 is 28.1 Å². The molecule has 0 unspecified atom stereocenters. The van der Waals surface area contributed by atoms with Crippen LogP contribution in [-0.2, 0) is 0 Å². The lowest BCUT2D eigenvalue weighted by Gasteiger charge is -2.09. The molecule has 0 saturated carbocycles. The number of anilines is 2. The van der Waals surface area contributed by atoms with Gasteiger partial charge in [-0.1, -0.05) is 24.3 Å². The van der Waals surface area contributed by atoms with Gasteiger partial charge in [-0.05, 0) is 42.0 Å². The van der Waals surface area contributed by atoms with Crippen LogP contribution in [0.2, 0.25) is 0 Å². The van der Waals surface area contributed by atoms with Gasteiger partial charge in [-0.15, -0.1) is 0 Å². The molecule has 3 aromatic rings. The van der Waals surface area contributed by atoms with Gasteiger partial charge < -0.3 is 11.1 Å². The highest BCUT2D eigenvalue weighted by atomic mass is 16.1. The highest BCUT2D eigenvalue weighted by molar-refractivity contribution is 6.10. The fraction of sp³-hybridized carbons (Fsp3) is 0.0588. The molecule has 1 aromatic heterocycles. The molecule has 104 valence electrons. The second kappa shape index (κ2) is 5.25. The zero-order valence-corrected chi connectivity index (χ0v) is 11.6. The third-order valence-corrected chi connectivity index (χ3v) is 3.33. The van der Waals surface area contributed by atoms with Crippen molar-refractivity contribution in [3.63, 3.8) is 0 Å². The molecule has 4 nitrogen and oxygen atoms in total. The largest absolute Gasteiger partial charge is 0.398 e. The number of carbonyl (C=O) groups is 1. The van der Waals surface area contributed by atoms with Crippen LogP contribution in [0.3, 0.4) is 0 Å². The number of benzene rings is 2. The fourth-order valence-corrected chi connectivity index (χ4v) is 2.19. The molecule has 1 amide bonds. The van der Waals surface area contributed by atoms with Gasteiger partial charge in [-0.2, -0.15) is 0 Å². The highest BCUT2D eigenvalue weighted by Crippen LogP contribution is 2.22. The van der Waals surface area contributed by atoms with E-state index >= 15 is 0 Å². The predicted molar refractivity (Wildman–Crippen MR) is 85.3 cm³/mol. The van der Waals surface area contributed by atoms with E-state index in [0.717, 1.165) is 16.5 Å². The van der Waals surface area contributed by atoms with Crippen molar-refractivity contribution in [1.82, 2.24) is 4.98 Å². The molecular formula is C17H15N3O. The summed E-state index contributed by atoms with van der Waals surface area (Å²) < 4.78 is 0. The van der Waals surface area contributed by atoms with Gasteiger partial charge >= 0.3 is 0 Å². The second-order valence-corrected chi connectivity index (χ2v) is 4.93. The van der Waals surface area contributed by atoms with E-state index in [1.807, 2.05) is 55.5 Å². The number of rotatable bonds is 2. The number of pyridine rings is 1. The lowest BCUT2D eigenvalue weighted by molar-refractivity contribution is 0.102. The van der Waals surface area contributed by atoms with E-state index < -0.39 is 0 Å². The van der Waals surface area contributed by atoms with Gasteiger partial charge in [0.25, 0.3) is 5.91 Å². The number of nitrogens with one attached hydrogen (secondary N) is 1. The standard InChI is InChI=1S/C17H15N3O/c1-11-6-7-14(10-19-11)20-17(21)15-8-12-4-2-3-5-13(12)9-16(15)18/h2-10H,18H2,1H3,(H,20,21). The number of amides is 1. The van der Waals surface area contributed by atoms with Crippen molar-refractivity contribution in [1.29, 1.82) is 0 Å². The number of hydrogen-bond donors (Lipinski definition) is 2. The maximum Gasteiger partial charge on any atom is 0.257 e. The average Bonchev–Trinajstić information content (AvgIpc) is 2.49. The Morgan fingerprint density at radius 1 is 1.10 bits per heavy atom. The van der Waals surface area contributed by atoms with Crippen LogP contribution in [0.4, 0.5) is 11.4 Å². The summed E-state index contributed by atoms with van der Waals surface area (Å²) in [7, 11) is 0. The molecule has 1 heterocycles. The number of nitrogen functional groups attached to an aromatic ring is 1. The first-order valence-electron chi connectivity index (χ1n) is 6.66. The SMILES string of the molecule is Cc1ccc(NC(=O)c2cc3ccccc3cc2N)cn1. The molecule has 0 spiro atoms. The minimum absolute atomic E-state index is 0.232. The molecule has 0 bridgehead atoms. The molecule has 0 aliphatic rings. The van der Waals surface area contributed by atoms with E-state index in [9.17, 15) is 4.79 Å². The number of hydrogen-bond acceptors (Lipinski definition) is 3. The molecule has 0 saturated heterocycles. The summed E-state index contributed by atoms with van der Waals surface area (Å²) in [5.41, 5.74) is 8.47. The Balaban J connectivity index is 1.93. The molecule has 3 rings (SSSR count). The van der Waals surface area contributed by atoms with Crippen LogP contribution >= 0.6 is 0 Å². The number of carbonyl (C=O) groups excluding carboxylic acids is 1. The molecule has 0 aliphatic carbocycles. The Morgan fingerprint density at radius 3 is 2.48 bits per heavy atom. The van der Waals surface area contributed by atoms with Crippen LogP contribution in [0, 0.1) is 6.92 Å². The number of aromatic nitrogens is 1. The van der Waals surface area contributed by atoms with Gasteiger partial charge in [-0.25, -0.2) is 0 Å². The molecule has 2 aromatic carbocycles. The van der Waals surface area contributed by atoms with Gasteiger partial charge in [0.2, 0.25) is 0 Å². The number of nitrogens with zero attached hydrogens (tertiary/aromatic N) is 1. The second-order valence-electron chi connectivity index (χ2n) is 4.93. The summed E-state index contributed by atoms with van der Waals surface area (Å²) in [6, 6.07) is 15.1. The van der Waals surface area contributed by atoms with Crippen LogP contribution in [0.1, 0.15) is 16.1 Å². The normalized spacial score (nSPS) is 10.5. The summed E-state index contributed by atoms with van der Waals surface area (Å²) in [6.07, 6.45) is 1.63. The molecule has 4 heteroatoms. The van der Waals surface area contributed by atoms with Crippen molar-refractivity contribution < 1.29 is 4.79 Å². The lowest BCUT2D eigenvalue weighted by Crippen LogP contribution is -2.14. The molecule has 3 N–H and O–H groups in total. The van der Waals surface area contributed by atoms with Gasteiger partial charge in [0.05, 0.1) is 17.4 Å². The highest BCUT2D eigenvalue weighted by Gasteiger charge is 2.11. The van der Waals surface area contributed by atoms with E-state index in [-0.39, 0.29) is 5.91 Å². The Kier molecular flexibility index (Phi) is 3.28. The van der Waals surface area contributed by atoms with Crippen LogP contribution in [0.5, 0.6) is 0 Å². The Morgan fingerprint density at radius 2 is 1.81 bits per heavy atom. The van der Waals surface area contributed by atoms with E-state index in [4.69, 9.17) is 5.73 Å². The average molecular weight is 277 g/mol. The van der Waals surface area contributed by atoms with Gasteiger partial charge in [0.15, 0.2) is 0 Å². The predicted octanol–water partition coefficient (Wildman–Crippen LogP) is 3.38. The van der Waals surface area contributed by atoms with Crippen molar-refractivity contribution in [3.8, 4) is 0 Å². The summed E-state index contributed by atoms with van der Waals surface area (Å²) in [5.74, 6) is -0.232. The van der Waals surface area contributed by atoms with Crippen LogP contribution in [-0.4, -0.2) is 10.9 Å². The third kappa shape index (κ3) is 2.69. The van der Waals surface area contributed by atoms with Crippen LogP contribution in [0.15, 0.2) is 54.7 Å². The smallest absolute Gasteiger partial charge is 0.257 e. The maximum atomic E-state index is 12.3. The number of nitrogens with two attached hydrogens (primary N) is 1. The van der Waals surface area contributed by atoms with E-state index in [1.165, 1.54) is 0 Å². The first-order valence-corrected chi connectivity index (χ1v) is 6.66. The monoisotopic (exact) mass is 277 g/mol. The fourth-order valence-electron chi connectivity index (χ4n) is 2.19. The molecule has 0 radical (unpaired) electrons. The Hall–Kier alpha value is -2.88. The van der Waals surface area contributed by atoms with Gasteiger partial charge in [0.1, 0.15) is 0 Å². The number of aryl methyl sites for hydroxylation is 1. The lowest BCUT2D eigenvalue weighted by atomic mass is 10.0. The minimum Gasteiger partial charge on any atom is -0.398 e. The van der Waals surface area contributed by atoms with Gasteiger partial charge in [-0.3, -0.25) is 9.78 Å². The number of fused-ring (bicyclic) bond motifs is 1. The Labute approximate surface area is 122 Å². The van der Waals surface area contributed by atoms with Crippen molar-refractivity contribution in [2.24, 2.45) is 0 Å². The minimum atomic E-state index is -0.232. The maximum absolute atomic E-state index is 12.3. The zero-order valence-electron chi connectivity index (χ0n) is 11.6. The summed E-state index contributed by atoms with van der Waals surface area (Å²) >= 11 is 0. The van der Waals surface area contributed by atoms with Crippen LogP contribution < -0.4 is 11.1 Å². The topological polar surface area (TPSA) is 68.0 Å². The summed E-state index contributed by atoms with van der Waals surface area (Å²) in [4.78, 5) is 16.5. The zero-order chi connectivity index (χ0) is 14.8. The van der Waals surface area contributed by atoms with Crippen molar-refractivity contribution in [3.05, 3.63) is 66.0 Å². The quantitative estimate of drug-likeness (QED) is 0.706. The van der Waals surface area contributed by atoms with Crippen LogP contribution in [0.25, 0.3) is 10.8 Å². The van der Waals surface area contributed by atoms with E-state index in [0.29, 0.717) is 16.9 Å². The molecule has 21 heavy (non-hydrogen) atoms. The summed E-state index contributed by atoms with van der Waals surface area (Å²) in [6.45, 7) is 1.90. The first kappa shape index (κ1) is 13.1. The van der Waals surface area contributed by atoms with E-state index in [2.05, 4.69) is 10.3 Å². The van der Waals surface area contributed by atoms with Crippen molar-refractivity contribution in [2.75, 3.05) is 11.1 Å². The molecule has 0 atom stereocenters. The molecular weight excluding hydrogens is 262 g/mol. The third-order valence-electron chi connectivity index (χ3n) is 3.33. The Bertz CT molecular complexity index is 810.